The maximum atomic E-state index is 13.6. The molecule has 2 aromatic carbocycles. The molecule has 0 aliphatic carbocycles. The Morgan fingerprint density at radius 2 is 1.86 bits per heavy atom. The second-order valence-electron chi connectivity index (χ2n) is 6.79. The van der Waals surface area contributed by atoms with Crippen LogP contribution in [0, 0.1) is 12.7 Å². The number of nitrogens with zero attached hydrogens (tertiary/aromatic N) is 2. The minimum atomic E-state index is -0.365. The van der Waals surface area contributed by atoms with Crippen LogP contribution in [0.4, 0.5) is 4.39 Å². The number of carbonyl (C=O) groups excluding carboxylic acids is 1. The van der Waals surface area contributed by atoms with Crippen molar-refractivity contribution in [2.24, 2.45) is 0 Å². The molecule has 0 spiro atoms. The first kappa shape index (κ1) is 19.2. The van der Waals surface area contributed by atoms with Gasteiger partial charge in [-0.15, -0.1) is 0 Å². The Morgan fingerprint density at radius 1 is 1.10 bits per heavy atom. The molecular formula is C23H16BrFN2O2. The summed E-state index contributed by atoms with van der Waals surface area (Å²) in [4.78, 5) is 30.6. The van der Waals surface area contributed by atoms with Crippen molar-refractivity contribution < 1.29 is 9.18 Å². The molecule has 0 amide bonds. The smallest absolute Gasteiger partial charge is 0.202 e. The van der Waals surface area contributed by atoms with Gasteiger partial charge in [-0.2, -0.15) is 0 Å². The van der Waals surface area contributed by atoms with Gasteiger partial charge in [0.2, 0.25) is 5.43 Å². The standard InChI is InChI=1S/C23H16BrFN2O2/c1-14-5-10-19-22(29)20(21(28)16-6-8-17(24)9-7-16)13-27(23(19)26-14)12-15-3-2-4-18(25)11-15/h2-11,13H,12H2,1H3. The van der Waals surface area contributed by atoms with E-state index in [0.29, 0.717) is 22.2 Å². The highest BCUT2D eigenvalue weighted by Crippen LogP contribution is 2.17. The normalized spacial score (nSPS) is 11.0. The summed E-state index contributed by atoms with van der Waals surface area (Å²) in [6, 6.07) is 16.5. The third-order valence-electron chi connectivity index (χ3n) is 4.65. The Kier molecular flexibility index (Phi) is 5.11. The Morgan fingerprint density at radius 3 is 2.59 bits per heavy atom. The third kappa shape index (κ3) is 3.89. The molecule has 4 nitrogen and oxygen atoms in total. The van der Waals surface area contributed by atoms with Gasteiger partial charge in [0.25, 0.3) is 0 Å². The van der Waals surface area contributed by atoms with Crippen LogP contribution in [0.2, 0.25) is 0 Å². The Hall–Kier alpha value is -3.12. The highest BCUT2D eigenvalue weighted by Gasteiger charge is 2.18. The highest BCUT2D eigenvalue weighted by molar-refractivity contribution is 9.10. The molecule has 0 aliphatic heterocycles. The zero-order valence-corrected chi connectivity index (χ0v) is 17.1. The lowest BCUT2D eigenvalue weighted by atomic mass is 10.0. The molecule has 0 saturated carbocycles. The van der Waals surface area contributed by atoms with Gasteiger partial charge >= 0.3 is 0 Å². The van der Waals surface area contributed by atoms with Crippen LogP contribution in [0.5, 0.6) is 0 Å². The van der Waals surface area contributed by atoms with Gasteiger partial charge in [-0.3, -0.25) is 9.59 Å². The van der Waals surface area contributed by atoms with Crippen LogP contribution < -0.4 is 5.43 Å². The molecule has 4 rings (SSSR count). The lowest BCUT2D eigenvalue weighted by Crippen LogP contribution is -2.21. The predicted molar refractivity (Wildman–Crippen MR) is 114 cm³/mol. The second-order valence-corrected chi connectivity index (χ2v) is 7.71. The summed E-state index contributed by atoms with van der Waals surface area (Å²) in [6.07, 6.45) is 1.52. The van der Waals surface area contributed by atoms with Crippen LogP contribution in [-0.4, -0.2) is 15.3 Å². The van der Waals surface area contributed by atoms with E-state index in [0.717, 1.165) is 10.2 Å². The fourth-order valence-electron chi connectivity index (χ4n) is 3.23. The summed E-state index contributed by atoms with van der Waals surface area (Å²) in [5.41, 5.74) is 2.03. The minimum absolute atomic E-state index is 0.0573. The molecule has 0 aliphatic rings. The average molecular weight is 451 g/mol. The van der Waals surface area contributed by atoms with E-state index in [-0.39, 0.29) is 29.1 Å². The number of benzene rings is 2. The molecule has 0 unspecified atom stereocenters. The van der Waals surface area contributed by atoms with Crippen LogP contribution in [0.25, 0.3) is 11.0 Å². The van der Waals surface area contributed by atoms with Crippen molar-refractivity contribution in [3.05, 3.63) is 110 Å². The number of carbonyl (C=O) groups is 1. The first-order valence-corrected chi connectivity index (χ1v) is 9.77. The molecular weight excluding hydrogens is 435 g/mol. The molecule has 0 N–H and O–H groups in total. The Bertz CT molecular complexity index is 1300. The molecule has 0 saturated heterocycles. The summed E-state index contributed by atoms with van der Waals surface area (Å²) in [7, 11) is 0. The number of halogens is 2. The van der Waals surface area contributed by atoms with E-state index in [4.69, 9.17) is 0 Å². The summed E-state index contributed by atoms with van der Waals surface area (Å²) >= 11 is 3.34. The maximum Gasteiger partial charge on any atom is 0.202 e. The minimum Gasteiger partial charge on any atom is -0.327 e. The molecule has 0 atom stereocenters. The van der Waals surface area contributed by atoms with Crippen molar-refractivity contribution in [1.29, 1.82) is 0 Å². The van der Waals surface area contributed by atoms with Crippen LogP contribution in [0.1, 0.15) is 27.2 Å². The number of aryl methyl sites for hydroxylation is 1. The number of aromatic nitrogens is 2. The second kappa shape index (κ2) is 7.72. The van der Waals surface area contributed by atoms with Gasteiger partial charge in [-0.1, -0.05) is 28.1 Å². The summed E-state index contributed by atoms with van der Waals surface area (Å²) in [6.45, 7) is 2.11. The lowest BCUT2D eigenvalue weighted by molar-refractivity contribution is 0.103. The van der Waals surface area contributed by atoms with Gasteiger partial charge in [-0.25, -0.2) is 9.37 Å². The van der Waals surface area contributed by atoms with Crippen LogP contribution in [-0.2, 0) is 6.54 Å². The van der Waals surface area contributed by atoms with E-state index in [9.17, 15) is 14.0 Å². The largest absolute Gasteiger partial charge is 0.327 e. The topological polar surface area (TPSA) is 52.0 Å². The zero-order chi connectivity index (χ0) is 20.5. The van der Waals surface area contributed by atoms with Crippen LogP contribution in [0.3, 0.4) is 0 Å². The molecule has 6 heteroatoms. The molecule has 144 valence electrons. The monoisotopic (exact) mass is 450 g/mol. The number of hydrogen-bond acceptors (Lipinski definition) is 3. The van der Waals surface area contributed by atoms with E-state index in [2.05, 4.69) is 20.9 Å². The summed E-state index contributed by atoms with van der Waals surface area (Å²) in [5.74, 6) is -0.707. The van der Waals surface area contributed by atoms with Gasteiger partial charge in [-0.05, 0) is 61.0 Å². The number of ketones is 1. The SMILES string of the molecule is Cc1ccc2c(=O)c(C(=O)c3ccc(Br)cc3)cn(Cc3cccc(F)c3)c2n1. The van der Waals surface area contributed by atoms with E-state index in [1.165, 1.54) is 18.3 Å². The number of rotatable bonds is 4. The quantitative estimate of drug-likeness (QED) is 0.416. The number of pyridine rings is 2. The fourth-order valence-corrected chi connectivity index (χ4v) is 3.50. The first-order chi connectivity index (χ1) is 13.9. The zero-order valence-electron chi connectivity index (χ0n) is 15.5. The highest BCUT2D eigenvalue weighted by atomic mass is 79.9. The molecule has 0 fully saturated rings. The first-order valence-electron chi connectivity index (χ1n) is 8.98. The average Bonchev–Trinajstić information content (AvgIpc) is 2.70. The molecule has 2 aromatic heterocycles. The van der Waals surface area contributed by atoms with Gasteiger partial charge in [0.1, 0.15) is 11.5 Å². The molecule has 0 bridgehead atoms. The maximum absolute atomic E-state index is 13.6. The van der Waals surface area contributed by atoms with Crippen molar-refractivity contribution in [2.75, 3.05) is 0 Å². The molecule has 4 aromatic rings. The van der Waals surface area contributed by atoms with Crippen molar-refractivity contribution in [2.45, 2.75) is 13.5 Å². The van der Waals surface area contributed by atoms with E-state index < -0.39 is 0 Å². The lowest BCUT2D eigenvalue weighted by Gasteiger charge is -2.13. The van der Waals surface area contributed by atoms with Gasteiger partial charge < -0.3 is 4.57 Å². The van der Waals surface area contributed by atoms with Gasteiger partial charge in [0.15, 0.2) is 5.78 Å². The fraction of sp³-hybridized carbons (Fsp3) is 0.0870. The predicted octanol–water partition coefficient (Wildman–Crippen LogP) is 4.89. The van der Waals surface area contributed by atoms with Crippen LogP contribution >= 0.6 is 15.9 Å². The van der Waals surface area contributed by atoms with E-state index >= 15 is 0 Å². The van der Waals surface area contributed by atoms with E-state index in [1.54, 1.807) is 53.1 Å². The number of hydrogen-bond donors (Lipinski definition) is 0. The Labute approximate surface area is 174 Å². The van der Waals surface area contributed by atoms with E-state index in [1.807, 2.05) is 6.92 Å². The van der Waals surface area contributed by atoms with Crippen molar-refractivity contribution >= 4 is 32.7 Å². The van der Waals surface area contributed by atoms with Crippen LogP contribution in [0.15, 0.2) is 76.1 Å². The molecule has 2 heterocycles. The third-order valence-corrected chi connectivity index (χ3v) is 5.18. The Balaban J connectivity index is 1.90. The van der Waals surface area contributed by atoms with Crippen molar-refractivity contribution in [1.82, 2.24) is 9.55 Å². The number of fused-ring (bicyclic) bond motifs is 1. The van der Waals surface area contributed by atoms with Crippen molar-refractivity contribution in [3.8, 4) is 0 Å². The van der Waals surface area contributed by atoms with Gasteiger partial charge in [0.05, 0.1) is 10.9 Å². The molecule has 29 heavy (non-hydrogen) atoms. The summed E-state index contributed by atoms with van der Waals surface area (Å²) in [5, 5.41) is 0.356. The van der Waals surface area contributed by atoms with Crippen molar-refractivity contribution in [3.63, 3.8) is 0 Å². The summed E-state index contributed by atoms with van der Waals surface area (Å²) < 4.78 is 16.2. The van der Waals surface area contributed by atoms with Gasteiger partial charge in [0, 0.05) is 28.5 Å². The molecule has 0 radical (unpaired) electrons.